The molecule has 2 aromatic carbocycles. The third-order valence-electron chi connectivity index (χ3n) is 3.69. The number of hydrogen-bond donors (Lipinski definition) is 1. The van der Waals surface area contributed by atoms with Crippen LogP contribution >= 0.6 is 15.9 Å². The van der Waals surface area contributed by atoms with Crippen molar-refractivity contribution in [2.45, 2.75) is 12.5 Å². The summed E-state index contributed by atoms with van der Waals surface area (Å²) in [7, 11) is 0. The monoisotopic (exact) mass is 376 g/mol. The molecule has 1 heterocycles. The number of amides is 2. The Morgan fingerprint density at radius 3 is 2.65 bits per heavy atom. The van der Waals surface area contributed by atoms with Crippen LogP contribution in [-0.4, -0.2) is 24.4 Å². The topological polar surface area (TPSA) is 49.4 Å². The van der Waals surface area contributed by atoms with Gasteiger partial charge in [0.05, 0.1) is 6.04 Å². The minimum atomic E-state index is -0.391. The summed E-state index contributed by atoms with van der Waals surface area (Å²) in [6, 6.07) is 12.6. The summed E-state index contributed by atoms with van der Waals surface area (Å²) in [5.41, 5.74) is 1.04. The molecule has 2 amide bonds. The van der Waals surface area contributed by atoms with Crippen LogP contribution in [0.3, 0.4) is 0 Å². The standard InChI is InChI=1S/C17H14BrFN2O2/c18-12-6-4-11(5-7-12)17(23)20-14-9-16(22)21(10-14)15-3-1-2-13(19)8-15/h1-8,14H,9-10H2,(H,20,23)/t14-/m1/s1. The van der Waals surface area contributed by atoms with E-state index in [1.165, 1.54) is 17.0 Å². The zero-order valence-corrected chi connectivity index (χ0v) is 13.7. The highest BCUT2D eigenvalue weighted by atomic mass is 79.9. The first-order chi connectivity index (χ1) is 11.0. The van der Waals surface area contributed by atoms with Crippen LogP contribution < -0.4 is 10.2 Å². The average molecular weight is 377 g/mol. The number of rotatable bonds is 3. The number of anilines is 1. The smallest absolute Gasteiger partial charge is 0.251 e. The first-order valence-electron chi connectivity index (χ1n) is 7.15. The molecule has 2 aromatic rings. The molecule has 1 N–H and O–H groups in total. The second-order valence-electron chi connectivity index (χ2n) is 5.37. The maximum atomic E-state index is 13.3. The number of carbonyl (C=O) groups is 2. The van der Waals surface area contributed by atoms with Crippen LogP contribution in [0.5, 0.6) is 0 Å². The van der Waals surface area contributed by atoms with Crippen LogP contribution in [-0.2, 0) is 4.79 Å². The van der Waals surface area contributed by atoms with Gasteiger partial charge in [0.25, 0.3) is 5.91 Å². The molecule has 0 saturated carbocycles. The van der Waals surface area contributed by atoms with Gasteiger partial charge < -0.3 is 10.2 Å². The summed E-state index contributed by atoms with van der Waals surface area (Å²) < 4.78 is 14.2. The molecule has 1 aliphatic rings. The fourth-order valence-corrected chi connectivity index (χ4v) is 2.83. The quantitative estimate of drug-likeness (QED) is 0.894. The van der Waals surface area contributed by atoms with Gasteiger partial charge in [-0.25, -0.2) is 4.39 Å². The zero-order chi connectivity index (χ0) is 16.4. The molecule has 4 nitrogen and oxygen atoms in total. The molecular formula is C17H14BrFN2O2. The lowest BCUT2D eigenvalue weighted by Crippen LogP contribution is -2.37. The summed E-state index contributed by atoms with van der Waals surface area (Å²) >= 11 is 3.32. The molecule has 0 aliphatic carbocycles. The van der Waals surface area contributed by atoms with Gasteiger partial charge in [0.1, 0.15) is 5.82 Å². The first-order valence-corrected chi connectivity index (χ1v) is 7.94. The van der Waals surface area contributed by atoms with Crippen LogP contribution in [0.25, 0.3) is 0 Å². The predicted molar refractivity (Wildman–Crippen MR) is 88.8 cm³/mol. The molecule has 118 valence electrons. The van der Waals surface area contributed by atoms with E-state index in [9.17, 15) is 14.0 Å². The Hall–Kier alpha value is -2.21. The maximum absolute atomic E-state index is 13.3. The summed E-state index contributed by atoms with van der Waals surface area (Å²) in [6.45, 7) is 0.338. The van der Waals surface area contributed by atoms with Gasteiger partial charge in [-0.1, -0.05) is 22.0 Å². The Balaban J connectivity index is 1.68. The molecule has 1 atom stereocenters. The number of nitrogens with one attached hydrogen (secondary N) is 1. The average Bonchev–Trinajstić information content (AvgIpc) is 2.88. The number of nitrogens with zero attached hydrogens (tertiary/aromatic N) is 1. The molecule has 0 unspecified atom stereocenters. The molecule has 0 aromatic heterocycles. The van der Waals surface area contributed by atoms with Crippen LogP contribution in [0.15, 0.2) is 53.0 Å². The van der Waals surface area contributed by atoms with Crippen LogP contribution in [0.4, 0.5) is 10.1 Å². The third kappa shape index (κ3) is 3.59. The minimum absolute atomic E-state index is 0.128. The number of benzene rings is 2. The lowest BCUT2D eigenvalue weighted by atomic mass is 10.2. The lowest BCUT2D eigenvalue weighted by Gasteiger charge is -2.17. The van der Waals surface area contributed by atoms with Crippen molar-refractivity contribution in [3.63, 3.8) is 0 Å². The van der Waals surface area contributed by atoms with Crippen molar-refractivity contribution in [2.75, 3.05) is 11.4 Å². The summed E-state index contributed by atoms with van der Waals surface area (Å²) in [5.74, 6) is -0.745. The van der Waals surface area contributed by atoms with Crippen LogP contribution in [0, 0.1) is 5.82 Å². The second-order valence-corrected chi connectivity index (χ2v) is 6.28. The molecule has 1 saturated heterocycles. The summed E-state index contributed by atoms with van der Waals surface area (Å²) in [5, 5.41) is 2.85. The normalized spacial score (nSPS) is 17.4. The first kappa shape index (κ1) is 15.7. The van der Waals surface area contributed by atoms with Crippen molar-refractivity contribution in [3.05, 3.63) is 64.4 Å². The highest BCUT2D eigenvalue weighted by Gasteiger charge is 2.31. The van der Waals surface area contributed by atoms with Crippen molar-refractivity contribution in [1.29, 1.82) is 0 Å². The maximum Gasteiger partial charge on any atom is 0.251 e. The molecule has 3 rings (SSSR count). The molecule has 1 fully saturated rings. The Labute approximate surface area is 141 Å². The van der Waals surface area contributed by atoms with E-state index in [1.54, 1.807) is 36.4 Å². The summed E-state index contributed by atoms with van der Waals surface area (Å²) in [6.07, 6.45) is 0.207. The van der Waals surface area contributed by atoms with Crippen LogP contribution in [0.2, 0.25) is 0 Å². The van der Waals surface area contributed by atoms with Gasteiger partial charge in [0.2, 0.25) is 5.91 Å². The Morgan fingerprint density at radius 1 is 1.22 bits per heavy atom. The SMILES string of the molecule is O=C(N[C@@H]1CC(=O)N(c2cccc(F)c2)C1)c1ccc(Br)cc1. The highest BCUT2D eigenvalue weighted by Crippen LogP contribution is 2.22. The van der Waals surface area contributed by atoms with Gasteiger partial charge in [-0.2, -0.15) is 0 Å². The van der Waals surface area contributed by atoms with Crippen molar-refractivity contribution in [2.24, 2.45) is 0 Å². The zero-order valence-electron chi connectivity index (χ0n) is 12.1. The van der Waals surface area contributed by atoms with Gasteiger partial charge in [0.15, 0.2) is 0 Å². The number of carbonyl (C=O) groups excluding carboxylic acids is 2. The Morgan fingerprint density at radius 2 is 1.96 bits per heavy atom. The molecule has 1 aliphatic heterocycles. The number of halogens is 2. The van der Waals surface area contributed by atoms with Gasteiger partial charge in [0, 0.05) is 28.7 Å². The van der Waals surface area contributed by atoms with E-state index in [2.05, 4.69) is 21.2 Å². The summed E-state index contributed by atoms with van der Waals surface area (Å²) in [4.78, 5) is 25.8. The van der Waals surface area contributed by atoms with Gasteiger partial charge in [-0.15, -0.1) is 0 Å². The van der Waals surface area contributed by atoms with Crippen LogP contribution in [0.1, 0.15) is 16.8 Å². The van der Waals surface area contributed by atoms with E-state index in [-0.39, 0.29) is 24.3 Å². The molecule has 6 heteroatoms. The largest absolute Gasteiger partial charge is 0.347 e. The van der Waals surface area contributed by atoms with Gasteiger partial charge in [-0.3, -0.25) is 9.59 Å². The van der Waals surface area contributed by atoms with Gasteiger partial charge in [-0.05, 0) is 42.5 Å². The highest BCUT2D eigenvalue weighted by molar-refractivity contribution is 9.10. The third-order valence-corrected chi connectivity index (χ3v) is 4.22. The van der Waals surface area contributed by atoms with Crippen molar-refractivity contribution >= 4 is 33.4 Å². The van der Waals surface area contributed by atoms with Gasteiger partial charge >= 0.3 is 0 Å². The number of hydrogen-bond acceptors (Lipinski definition) is 2. The fraction of sp³-hybridized carbons (Fsp3) is 0.176. The van der Waals surface area contributed by atoms with E-state index in [0.29, 0.717) is 17.8 Å². The molecule has 23 heavy (non-hydrogen) atoms. The Bertz CT molecular complexity index is 749. The predicted octanol–water partition coefficient (Wildman–Crippen LogP) is 3.12. The molecule has 0 radical (unpaired) electrons. The van der Waals surface area contributed by atoms with E-state index in [1.807, 2.05) is 0 Å². The second kappa shape index (κ2) is 6.50. The Kier molecular flexibility index (Phi) is 4.43. The van der Waals surface area contributed by atoms with Crippen molar-refractivity contribution in [3.8, 4) is 0 Å². The molecule has 0 spiro atoms. The minimum Gasteiger partial charge on any atom is -0.347 e. The van der Waals surface area contributed by atoms with E-state index < -0.39 is 5.82 Å². The van der Waals surface area contributed by atoms with Crippen molar-refractivity contribution in [1.82, 2.24) is 5.32 Å². The van der Waals surface area contributed by atoms with E-state index in [0.717, 1.165) is 4.47 Å². The fourth-order valence-electron chi connectivity index (χ4n) is 2.57. The van der Waals surface area contributed by atoms with E-state index in [4.69, 9.17) is 0 Å². The lowest BCUT2D eigenvalue weighted by molar-refractivity contribution is -0.117. The van der Waals surface area contributed by atoms with Crippen molar-refractivity contribution < 1.29 is 14.0 Å². The molecule has 0 bridgehead atoms. The van der Waals surface area contributed by atoms with E-state index >= 15 is 0 Å². The molecular weight excluding hydrogens is 363 g/mol.